The van der Waals surface area contributed by atoms with Crippen LogP contribution in [0.4, 0.5) is 10.1 Å². The van der Waals surface area contributed by atoms with Gasteiger partial charge in [-0.2, -0.15) is 9.49 Å². The summed E-state index contributed by atoms with van der Waals surface area (Å²) in [4.78, 5) is 34.6. The SMILES string of the molecule is CCc1cn2ncc(CN3CCN(c4ccc(C(=O)NC)nc4F)CC3)c2[nH]c1=O. The first kappa shape index (κ1) is 20.0. The number of nitrogens with one attached hydrogen (secondary N) is 2. The number of aromatic nitrogens is 4. The fourth-order valence-corrected chi connectivity index (χ4v) is 3.70. The number of carbonyl (C=O) groups excluding carboxylic acids is 1. The van der Waals surface area contributed by atoms with Crippen LogP contribution in [0.25, 0.3) is 5.65 Å². The van der Waals surface area contributed by atoms with Crippen molar-refractivity contribution >= 4 is 17.2 Å². The molecule has 0 saturated carbocycles. The van der Waals surface area contributed by atoms with E-state index in [9.17, 15) is 14.0 Å². The van der Waals surface area contributed by atoms with Crippen LogP contribution in [0.3, 0.4) is 0 Å². The van der Waals surface area contributed by atoms with E-state index in [0.29, 0.717) is 43.0 Å². The average Bonchev–Trinajstić information content (AvgIpc) is 3.14. The van der Waals surface area contributed by atoms with Crippen LogP contribution in [-0.2, 0) is 13.0 Å². The van der Waals surface area contributed by atoms with E-state index >= 15 is 0 Å². The second-order valence-electron chi connectivity index (χ2n) is 7.27. The van der Waals surface area contributed by atoms with Gasteiger partial charge in [0, 0.05) is 57.1 Å². The summed E-state index contributed by atoms with van der Waals surface area (Å²) in [5.74, 6) is -1.06. The van der Waals surface area contributed by atoms with Gasteiger partial charge in [0.1, 0.15) is 11.3 Å². The normalized spacial score (nSPS) is 15.0. The third kappa shape index (κ3) is 3.78. The minimum absolute atomic E-state index is 0.0608. The van der Waals surface area contributed by atoms with Crippen LogP contribution in [0.5, 0.6) is 0 Å². The third-order valence-corrected chi connectivity index (χ3v) is 5.45. The molecule has 1 fully saturated rings. The smallest absolute Gasteiger partial charge is 0.269 e. The number of rotatable bonds is 5. The Balaban J connectivity index is 1.43. The Morgan fingerprint density at radius 2 is 2.00 bits per heavy atom. The van der Waals surface area contributed by atoms with Crippen molar-refractivity contribution in [1.29, 1.82) is 0 Å². The van der Waals surface area contributed by atoms with E-state index < -0.39 is 11.9 Å². The molecule has 2 N–H and O–H groups in total. The monoisotopic (exact) mass is 413 g/mol. The number of hydrogen-bond acceptors (Lipinski definition) is 6. The number of aryl methyl sites for hydroxylation is 1. The largest absolute Gasteiger partial charge is 0.365 e. The molecule has 9 nitrogen and oxygen atoms in total. The van der Waals surface area contributed by atoms with Gasteiger partial charge >= 0.3 is 0 Å². The summed E-state index contributed by atoms with van der Waals surface area (Å²) in [5, 5.41) is 6.80. The van der Waals surface area contributed by atoms with E-state index in [1.807, 2.05) is 11.8 Å². The van der Waals surface area contributed by atoms with Crippen LogP contribution in [0, 0.1) is 5.95 Å². The fourth-order valence-electron chi connectivity index (χ4n) is 3.70. The Hall–Kier alpha value is -3.27. The van der Waals surface area contributed by atoms with Crippen LogP contribution in [-0.4, -0.2) is 63.6 Å². The van der Waals surface area contributed by atoms with Crippen molar-refractivity contribution < 1.29 is 9.18 Å². The zero-order valence-corrected chi connectivity index (χ0v) is 17.0. The van der Waals surface area contributed by atoms with Gasteiger partial charge in [-0.05, 0) is 18.6 Å². The van der Waals surface area contributed by atoms with Crippen LogP contribution >= 0.6 is 0 Å². The van der Waals surface area contributed by atoms with Crippen LogP contribution in [0.15, 0.2) is 29.3 Å². The molecule has 1 amide bonds. The second kappa shape index (κ2) is 8.23. The first-order chi connectivity index (χ1) is 14.5. The number of piperazine rings is 1. The zero-order chi connectivity index (χ0) is 21.3. The Kier molecular flexibility index (Phi) is 5.49. The van der Waals surface area contributed by atoms with Crippen LogP contribution < -0.4 is 15.8 Å². The maximum atomic E-state index is 14.4. The molecule has 3 aromatic heterocycles. The Bertz CT molecular complexity index is 1130. The van der Waals surface area contributed by atoms with Gasteiger partial charge in [0.25, 0.3) is 11.5 Å². The molecular formula is C20H24FN7O2. The number of anilines is 1. The molecule has 158 valence electrons. The molecule has 0 aliphatic carbocycles. The number of amides is 1. The van der Waals surface area contributed by atoms with Gasteiger partial charge in [-0.3, -0.25) is 14.5 Å². The molecular weight excluding hydrogens is 389 g/mol. The van der Waals surface area contributed by atoms with E-state index in [4.69, 9.17) is 0 Å². The van der Waals surface area contributed by atoms with Crippen molar-refractivity contribution in [2.24, 2.45) is 0 Å². The van der Waals surface area contributed by atoms with E-state index in [-0.39, 0.29) is 11.3 Å². The number of aromatic amines is 1. The number of carbonyl (C=O) groups is 1. The lowest BCUT2D eigenvalue weighted by Gasteiger charge is -2.35. The topological polar surface area (TPSA) is 98.6 Å². The molecule has 0 unspecified atom stereocenters. The maximum absolute atomic E-state index is 14.4. The minimum atomic E-state index is -0.642. The predicted octanol–water partition coefficient (Wildman–Crippen LogP) is 0.801. The summed E-state index contributed by atoms with van der Waals surface area (Å²) < 4.78 is 16.1. The lowest BCUT2D eigenvalue weighted by Crippen LogP contribution is -2.46. The van der Waals surface area contributed by atoms with E-state index in [2.05, 4.69) is 25.3 Å². The van der Waals surface area contributed by atoms with Gasteiger partial charge in [-0.1, -0.05) is 6.92 Å². The Labute approximate surface area is 172 Å². The molecule has 4 heterocycles. The second-order valence-corrected chi connectivity index (χ2v) is 7.27. The molecule has 0 aromatic carbocycles. The first-order valence-corrected chi connectivity index (χ1v) is 9.94. The molecule has 1 aliphatic heterocycles. The molecule has 0 spiro atoms. The average molecular weight is 413 g/mol. The molecule has 0 bridgehead atoms. The number of H-pyrrole nitrogens is 1. The maximum Gasteiger partial charge on any atom is 0.269 e. The molecule has 1 aliphatic rings. The molecule has 0 radical (unpaired) electrons. The van der Waals surface area contributed by atoms with Crippen molar-refractivity contribution in [2.75, 3.05) is 38.1 Å². The Morgan fingerprint density at radius 1 is 1.23 bits per heavy atom. The molecule has 1 saturated heterocycles. The minimum Gasteiger partial charge on any atom is -0.365 e. The molecule has 0 atom stereocenters. The predicted molar refractivity (Wildman–Crippen MR) is 110 cm³/mol. The standard InChI is InChI=1S/C20H24FN7O2/c1-3-13-12-28-18(25-19(13)29)14(10-23-28)11-26-6-8-27(9-7-26)16-5-4-15(20(30)22-2)24-17(16)21/h4-5,10,12H,3,6-9,11H2,1-2H3,(H,22,30)(H,25,29). The van der Waals surface area contributed by atoms with Crippen LogP contribution in [0.1, 0.15) is 28.5 Å². The number of halogens is 1. The quantitative estimate of drug-likeness (QED) is 0.601. The van der Waals surface area contributed by atoms with Crippen molar-refractivity contribution in [2.45, 2.75) is 19.9 Å². The summed E-state index contributed by atoms with van der Waals surface area (Å²) in [7, 11) is 1.48. The summed E-state index contributed by atoms with van der Waals surface area (Å²) in [6, 6.07) is 3.13. The van der Waals surface area contributed by atoms with Gasteiger partial charge in [-0.15, -0.1) is 0 Å². The third-order valence-electron chi connectivity index (χ3n) is 5.45. The molecule has 4 rings (SSSR count). The van der Waals surface area contributed by atoms with E-state index in [1.165, 1.54) is 13.1 Å². The van der Waals surface area contributed by atoms with Gasteiger partial charge in [-0.25, -0.2) is 9.50 Å². The summed E-state index contributed by atoms with van der Waals surface area (Å²) >= 11 is 0. The number of nitrogens with zero attached hydrogens (tertiary/aromatic N) is 5. The van der Waals surface area contributed by atoms with Crippen molar-refractivity contribution in [3.63, 3.8) is 0 Å². The van der Waals surface area contributed by atoms with Crippen molar-refractivity contribution in [3.8, 4) is 0 Å². The lowest BCUT2D eigenvalue weighted by molar-refractivity contribution is 0.0957. The van der Waals surface area contributed by atoms with Gasteiger partial charge in [0.2, 0.25) is 5.95 Å². The number of fused-ring (bicyclic) bond motifs is 1. The van der Waals surface area contributed by atoms with Gasteiger partial charge < -0.3 is 15.2 Å². The zero-order valence-electron chi connectivity index (χ0n) is 17.0. The summed E-state index contributed by atoms with van der Waals surface area (Å²) in [6.07, 6.45) is 4.20. The Morgan fingerprint density at radius 3 is 2.67 bits per heavy atom. The van der Waals surface area contributed by atoms with Crippen molar-refractivity contribution in [3.05, 3.63) is 57.6 Å². The number of hydrogen-bond donors (Lipinski definition) is 2. The van der Waals surface area contributed by atoms with Crippen molar-refractivity contribution in [1.82, 2.24) is 29.8 Å². The lowest BCUT2D eigenvalue weighted by atomic mass is 10.2. The highest BCUT2D eigenvalue weighted by atomic mass is 19.1. The first-order valence-electron chi connectivity index (χ1n) is 9.94. The summed E-state index contributed by atoms with van der Waals surface area (Å²) in [5.41, 5.74) is 2.73. The van der Waals surface area contributed by atoms with E-state index in [0.717, 1.165) is 18.7 Å². The van der Waals surface area contributed by atoms with Gasteiger partial charge in [0.15, 0.2) is 0 Å². The summed E-state index contributed by atoms with van der Waals surface area (Å²) in [6.45, 7) is 5.30. The fraction of sp³-hybridized carbons (Fsp3) is 0.400. The molecule has 3 aromatic rings. The highest BCUT2D eigenvalue weighted by molar-refractivity contribution is 5.92. The molecule has 30 heavy (non-hydrogen) atoms. The molecule has 10 heteroatoms. The number of pyridine rings is 1. The van der Waals surface area contributed by atoms with Crippen LogP contribution in [0.2, 0.25) is 0 Å². The van der Waals surface area contributed by atoms with E-state index in [1.54, 1.807) is 23.0 Å². The highest BCUT2D eigenvalue weighted by Gasteiger charge is 2.22. The highest BCUT2D eigenvalue weighted by Crippen LogP contribution is 2.21. The van der Waals surface area contributed by atoms with Gasteiger partial charge in [0.05, 0.1) is 11.9 Å².